The standard InChI is InChI=1S/C40H44ClN5O8S/c1-5-46(32-19-15-29(16-20-32)40(50)54-4)55(51,52)33-8-6-7-30(23-33)37(47)43-34-21-22-35(41)44-36(34)38(48)42-31-17-11-27(12-18-31)25-45(2)24-26-9-13-28(14-10-26)39(49)53-3/h6-14,17-18,21-23,29,32H,5,15-16,19-20,24-25H2,1-4H3,(H,42,48)(H,43,47). The summed E-state index contributed by atoms with van der Waals surface area (Å²) in [5.74, 6) is -2.18. The Kier molecular flexibility index (Phi) is 13.8. The molecule has 290 valence electrons. The molecule has 0 unspecified atom stereocenters. The van der Waals surface area contributed by atoms with Crippen LogP contribution in [0.3, 0.4) is 0 Å². The van der Waals surface area contributed by atoms with Crippen LogP contribution in [0.15, 0.2) is 89.8 Å². The Labute approximate surface area is 326 Å². The molecule has 1 aromatic heterocycles. The van der Waals surface area contributed by atoms with Crippen molar-refractivity contribution in [3.8, 4) is 0 Å². The van der Waals surface area contributed by atoms with Gasteiger partial charge in [0.1, 0.15) is 5.15 Å². The Hall–Kier alpha value is -5.15. The van der Waals surface area contributed by atoms with Gasteiger partial charge in [0.05, 0.1) is 36.3 Å². The number of benzene rings is 3. The molecule has 4 aromatic rings. The van der Waals surface area contributed by atoms with Crippen LogP contribution in [0.5, 0.6) is 0 Å². The van der Waals surface area contributed by atoms with E-state index in [9.17, 15) is 27.6 Å². The van der Waals surface area contributed by atoms with E-state index in [2.05, 4.69) is 20.5 Å². The predicted octanol–water partition coefficient (Wildman–Crippen LogP) is 6.40. The lowest BCUT2D eigenvalue weighted by molar-refractivity contribution is -0.146. The molecule has 13 nitrogen and oxygen atoms in total. The average Bonchev–Trinajstić information content (AvgIpc) is 3.19. The van der Waals surface area contributed by atoms with E-state index in [1.165, 1.54) is 54.9 Å². The number of carbonyl (C=O) groups excluding carboxylic acids is 4. The predicted molar refractivity (Wildman–Crippen MR) is 208 cm³/mol. The molecule has 2 amide bonds. The molecule has 0 saturated heterocycles. The zero-order valence-electron chi connectivity index (χ0n) is 31.1. The second-order valence-electron chi connectivity index (χ2n) is 13.3. The second-order valence-corrected chi connectivity index (χ2v) is 15.5. The number of amides is 2. The third-order valence-corrected chi connectivity index (χ3v) is 11.7. The summed E-state index contributed by atoms with van der Waals surface area (Å²) < 4.78 is 38.7. The monoisotopic (exact) mass is 789 g/mol. The molecule has 0 bridgehead atoms. The number of methoxy groups -OCH3 is 2. The molecule has 1 aliphatic rings. The number of nitrogens with one attached hydrogen (secondary N) is 2. The maximum absolute atomic E-state index is 13.8. The van der Waals surface area contributed by atoms with Gasteiger partial charge in [0.15, 0.2) is 5.69 Å². The molecule has 2 N–H and O–H groups in total. The highest BCUT2D eigenvalue weighted by atomic mass is 35.5. The molecule has 0 atom stereocenters. The molecule has 1 aliphatic carbocycles. The average molecular weight is 790 g/mol. The van der Waals surface area contributed by atoms with Crippen molar-refractivity contribution in [3.05, 3.63) is 118 Å². The van der Waals surface area contributed by atoms with Crippen LogP contribution in [-0.4, -0.2) is 80.2 Å². The molecule has 5 rings (SSSR count). The lowest BCUT2D eigenvalue weighted by atomic mass is 9.86. The number of anilines is 2. The number of aromatic nitrogens is 1. The van der Waals surface area contributed by atoms with Crippen LogP contribution in [0.2, 0.25) is 5.15 Å². The Bertz CT molecular complexity index is 2120. The van der Waals surface area contributed by atoms with Gasteiger partial charge >= 0.3 is 11.9 Å². The highest BCUT2D eigenvalue weighted by Crippen LogP contribution is 2.32. The maximum atomic E-state index is 13.8. The lowest BCUT2D eigenvalue weighted by Gasteiger charge is -2.34. The first-order valence-corrected chi connectivity index (χ1v) is 19.6. The van der Waals surface area contributed by atoms with Crippen molar-refractivity contribution in [1.82, 2.24) is 14.2 Å². The maximum Gasteiger partial charge on any atom is 0.337 e. The van der Waals surface area contributed by atoms with E-state index in [4.69, 9.17) is 21.1 Å². The zero-order chi connectivity index (χ0) is 39.7. The molecule has 1 heterocycles. The third kappa shape index (κ3) is 10.3. The highest BCUT2D eigenvalue weighted by Gasteiger charge is 2.35. The van der Waals surface area contributed by atoms with Crippen LogP contribution < -0.4 is 10.6 Å². The molecular formula is C40H44ClN5O8S. The topological polar surface area (TPSA) is 164 Å². The fraction of sp³-hybridized carbons (Fsp3) is 0.325. The number of hydrogen-bond acceptors (Lipinski definition) is 10. The smallest absolute Gasteiger partial charge is 0.337 e. The van der Waals surface area contributed by atoms with Gasteiger partial charge in [0.25, 0.3) is 11.8 Å². The molecule has 55 heavy (non-hydrogen) atoms. The van der Waals surface area contributed by atoms with Crippen LogP contribution >= 0.6 is 11.6 Å². The van der Waals surface area contributed by atoms with Crippen molar-refractivity contribution in [1.29, 1.82) is 0 Å². The lowest BCUT2D eigenvalue weighted by Crippen LogP contribution is -2.43. The van der Waals surface area contributed by atoms with Gasteiger partial charge in [-0.15, -0.1) is 0 Å². The minimum Gasteiger partial charge on any atom is -0.469 e. The molecule has 3 aromatic carbocycles. The van der Waals surface area contributed by atoms with E-state index >= 15 is 0 Å². The van der Waals surface area contributed by atoms with Crippen molar-refractivity contribution in [2.24, 2.45) is 5.92 Å². The van der Waals surface area contributed by atoms with Crippen molar-refractivity contribution >= 4 is 56.8 Å². The zero-order valence-corrected chi connectivity index (χ0v) is 32.7. The first-order chi connectivity index (χ1) is 26.3. The Morgan fingerprint density at radius 1 is 0.800 bits per heavy atom. The van der Waals surface area contributed by atoms with Crippen LogP contribution in [0.25, 0.3) is 0 Å². The Morgan fingerprint density at radius 3 is 2.04 bits per heavy atom. The van der Waals surface area contributed by atoms with Crippen molar-refractivity contribution in [2.75, 3.05) is 38.4 Å². The third-order valence-electron chi connectivity index (χ3n) is 9.47. The molecule has 0 spiro atoms. The van der Waals surface area contributed by atoms with E-state index in [1.807, 2.05) is 31.3 Å². The molecule has 1 fully saturated rings. The summed E-state index contributed by atoms with van der Waals surface area (Å²) in [5.41, 5.74) is 3.02. The van der Waals surface area contributed by atoms with E-state index in [0.717, 1.165) is 11.1 Å². The number of hydrogen-bond donors (Lipinski definition) is 2. The summed E-state index contributed by atoms with van der Waals surface area (Å²) in [6, 6.07) is 22.8. The number of nitrogens with zero attached hydrogens (tertiary/aromatic N) is 3. The fourth-order valence-electron chi connectivity index (χ4n) is 6.65. The summed E-state index contributed by atoms with van der Waals surface area (Å²) >= 11 is 6.16. The Morgan fingerprint density at radius 2 is 1.44 bits per heavy atom. The van der Waals surface area contributed by atoms with Gasteiger partial charge in [0, 0.05) is 36.9 Å². The van der Waals surface area contributed by atoms with Crippen molar-refractivity contribution in [3.63, 3.8) is 0 Å². The van der Waals surface area contributed by atoms with Gasteiger partial charge in [-0.05, 0) is 98.5 Å². The number of halogens is 1. The first-order valence-electron chi connectivity index (χ1n) is 17.8. The second kappa shape index (κ2) is 18.5. The van der Waals surface area contributed by atoms with E-state index in [0.29, 0.717) is 50.0 Å². The number of pyridine rings is 1. The van der Waals surface area contributed by atoms with E-state index in [-0.39, 0.29) is 57.4 Å². The number of sulfonamides is 1. The summed E-state index contributed by atoms with van der Waals surface area (Å²) in [7, 11) is 0.679. The minimum atomic E-state index is -3.99. The fourth-order valence-corrected chi connectivity index (χ4v) is 8.54. The molecule has 1 saturated carbocycles. The minimum absolute atomic E-state index is 0.0369. The largest absolute Gasteiger partial charge is 0.469 e. The van der Waals surface area contributed by atoms with Crippen molar-refractivity contribution in [2.45, 2.75) is 56.6 Å². The number of esters is 2. The summed E-state index contributed by atoms with van der Waals surface area (Å²) in [4.78, 5) is 56.9. The first kappa shape index (κ1) is 41.0. The van der Waals surface area contributed by atoms with E-state index in [1.54, 1.807) is 31.2 Å². The van der Waals surface area contributed by atoms with Gasteiger partial charge in [0.2, 0.25) is 10.0 Å². The SMILES string of the molecule is CCN(C1CCC(C(=O)OC)CC1)S(=O)(=O)c1cccc(C(=O)Nc2ccc(Cl)nc2C(=O)Nc2ccc(CN(C)Cc3ccc(C(=O)OC)cc3)cc2)c1. The van der Waals surface area contributed by atoms with Gasteiger partial charge in [-0.2, -0.15) is 4.31 Å². The van der Waals surface area contributed by atoms with Crippen LogP contribution in [-0.2, 0) is 37.4 Å². The normalized spacial score (nSPS) is 15.7. The van der Waals surface area contributed by atoms with Crippen LogP contribution in [0, 0.1) is 5.92 Å². The van der Waals surface area contributed by atoms with E-state index < -0.39 is 21.8 Å². The van der Waals surface area contributed by atoms with Gasteiger partial charge in [-0.3, -0.25) is 19.3 Å². The van der Waals surface area contributed by atoms with Crippen molar-refractivity contribution < 1.29 is 37.1 Å². The van der Waals surface area contributed by atoms with Gasteiger partial charge in [-0.25, -0.2) is 18.2 Å². The number of carbonyl (C=O) groups is 4. The molecule has 15 heteroatoms. The summed E-state index contributed by atoms with van der Waals surface area (Å²) in [6.45, 7) is 3.24. The summed E-state index contributed by atoms with van der Waals surface area (Å²) in [5, 5.41) is 5.52. The van der Waals surface area contributed by atoms with Crippen LogP contribution in [0.1, 0.15) is 74.9 Å². The molecule has 0 radical (unpaired) electrons. The van der Waals surface area contributed by atoms with Gasteiger partial charge < -0.3 is 20.1 Å². The number of rotatable bonds is 14. The molecular weight excluding hydrogens is 746 g/mol. The van der Waals surface area contributed by atoms with Crippen LogP contribution in [0.4, 0.5) is 11.4 Å². The highest BCUT2D eigenvalue weighted by molar-refractivity contribution is 7.89. The quantitative estimate of drug-likeness (QED) is 0.108. The van der Waals surface area contributed by atoms with Gasteiger partial charge in [-0.1, -0.05) is 48.9 Å². The molecule has 0 aliphatic heterocycles. The summed E-state index contributed by atoms with van der Waals surface area (Å²) in [6.07, 6.45) is 2.08. The number of ether oxygens (including phenoxy) is 2. The Balaban J connectivity index is 1.22.